The molecule has 1 aliphatic heterocycles. The second-order valence-electron chi connectivity index (χ2n) is 7.11. The Labute approximate surface area is 123 Å². The van der Waals surface area contributed by atoms with Crippen LogP contribution in [0, 0.1) is 11.8 Å². The summed E-state index contributed by atoms with van der Waals surface area (Å²) in [7, 11) is 0. The van der Waals surface area contributed by atoms with Crippen molar-refractivity contribution in [3.8, 4) is 0 Å². The molecule has 3 rings (SSSR count). The quantitative estimate of drug-likeness (QED) is 0.856. The van der Waals surface area contributed by atoms with E-state index in [2.05, 4.69) is 17.1 Å². The smallest absolute Gasteiger partial charge is 0.241 e. The molecule has 0 aromatic rings. The fourth-order valence-corrected chi connectivity index (χ4v) is 4.51. The molecule has 3 heteroatoms. The molecule has 0 radical (unpaired) electrons. The zero-order valence-corrected chi connectivity index (χ0v) is 12.9. The van der Waals surface area contributed by atoms with E-state index in [4.69, 9.17) is 0 Å². The van der Waals surface area contributed by atoms with Crippen molar-refractivity contribution in [2.75, 3.05) is 6.54 Å². The summed E-state index contributed by atoms with van der Waals surface area (Å²) < 4.78 is 0. The molecular weight excluding hydrogens is 248 g/mol. The van der Waals surface area contributed by atoms with Gasteiger partial charge in [0, 0.05) is 6.54 Å². The topological polar surface area (TPSA) is 32.3 Å². The molecule has 0 spiro atoms. The molecule has 20 heavy (non-hydrogen) atoms. The number of carbonyl (C=O) groups excluding carboxylic acids is 1. The van der Waals surface area contributed by atoms with Crippen molar-refractivity contribution in [3.63, 3.8) is 0 Å². The lowest BCUT2D eigenvalue weighted by atomic mass is 9.88. The van der Waals surface area contributed by atoms with Crippen LogP contribution in [0.2, 0.25) is 0 Å². The summed E-state index contributed by atoms with van der Waals surface area (Å²) in [5.74, 6) is 1.85. The summed E-state index contributed by atoms with van der Waals surface area (Å²) in [4.78, 5) is 14.9. The lowest BCUT2D eigenvalue weighted by molar-refractivity contribution is -0.131. The Morgan fingerprint density at radius 1 is 1.05 bits per heavy atom. The Morgan fingerprint density at radius 2 is 1.70 bits per heavy atom. The number of rotatable bonds is 4. The van der Waals surface area contributed by atoms with Crippen LogP contribution in [0.25, 0.3) is 0 Å². The lowest BCUT2D eigenvalue weighted by Crippen LogP contribution is -2.44. The summed E-state index contributed by atoms with van der Waals surface area (Å²) in [5, 5.41) is 3.65. The Balaban J connectivity index is 1.67. The van der Waals surface area contributed by atoms with Gasteiger partial charge in [0.2, 0.25) is 5.91 Å². The molecule has 0 bridgehead atoms. The number of hydrogen-bond donors (Lipinski definition) is 1. The van der Waals surface area contributed by atoms with Crippen LogP contribution in [-0.4, -0.2) is 29.6 Å². The van der Waals surface area contributed by atoms with E-state index in [-0.39, 0.29) is 6.04 Å². The fourth-order valence-electron chi connectivity index (χ4n) is 4.51. The first kappa shape index (κ1) is 14.4. The minimum atomic E-state index is 0.0872. The van der Waals surface area contributed by atoms with Gasteiger partial charge >= 0.3 is 0 Å². The van der Waals surface area contributed by atoms with Gasteiger partial charge in [0.05, 0.1) is 12.2 Å². The van der Waals surface area contributed by atoms with E-state index in [9.17, 15) is 4.79 Å². The maximum Gasteiger partial charge on any atom is 0.241 e. The molecule has 114 valence electrons. The maximum atomic E-state index is 12.6. The zero-order chi connectivity index (χ0) is 13.9. The average molecular weight is 278 g/mol. The van der Waals surface area contributed by atoms with Crippen LogP contribution in [0.15, 0.2) is 0 Å². The molecule has 3 aliphatic rings. The largest absolute Gasteiger partial charge is 0.325 e. The van der Waals surface area contributed by atoms with E-state index < -0.39 is 0 Å². The number of nitrogens with zero attached hydrogens (tertiary/aromatic N) is 1. The molecule has 2 atom stereocenters. The molecule has 1 amide bonds. The van der Waals surface area contributed by atoms with Crippen LogP contribution in [0.4, 0.5) is 0 Å². The summed E-state index contributed by atoms with van der Waals surface area (Å²) in [6, 6.07) is 0.0872. The summed E-state index contributed by atoms with van der Waals surface area (Å²) >= 11 is 0. The van der Waals surface area contributed by atoms with Crippen molar-refractivity contribution in [1.29, 1.82) is 0 Å². The van der Waals surface area contributed by atoms with Gasteiger partial charge in [0.15, 0.2) is 0 Å². The first-order valence-corrected chi connectivity index (χ1v) is 8.86. The van der Waals surface area contributed by atoms with Gasteiger partial charge in [-0.25, -0.2) is 0 Å². The van der Waals surface area contributed by atoms with Crippen LogP contribution in [-0.2, 0) is 4.79 Å². The zero-order valence-electron chi connectivity index (χ0n) is 12.9. The third-order valence-electron chi connectivity index (χ3n) is 5.72. The first-order chi connectivity index (χ1) is 9.79. The van der Waals surface area contributed by atoms with Crippen molar-refractivity contribution in [1.82, 2.24) is 10.2 Å². The van der Waals surface area contributed by atoms with Gasteiger partial charge in [-0.2, -0.15) is 0 Å². The highest BCUT2D eigenvalue weighted by molar-refractivity contribution is 5.84. The van der Waals surface area contributed by atoms with Crippen molar-refractivity contribution >= 4 is 5.91 Å². The maximum absolute atomic E-state index is 12.6. The molecule has 1 N–H and O–H groups in total. The van der Waals surface area contributed by atoms with Gasteiger partial charge in [-0.1, -0.05) is 39.0 Å². The first-order valence-electron chi connectivity index (χ1n) is 8.86. The minimum Gasteiger partial charge on any atom is -0.325 e. The van der Waals surface area contributed by atoms with Crippen molar-refractivity contribution < 1.29 is 4.79 Å². The molecule has 0 aromatic heterocycles. The van der Waals surface area contributed by atoms with Gasteiger partial charge in [-0.15, -0.1) is 0 Å². The normalized spacial score (nSPS) is 33.2. The lowest BCUT2D eigenvalue weighted by Gasteiger charge is -2.33. The van der Waals surface area contributed by atoms with Crippen molar-refractivity contribution in [3.05, 3.63) is 0 Å². The van der Waals surface area contributed by atoms with Gasteiger partial charge in [-0.05, 0) is 43.9 Å². The number of carbonyl (C=O) groups is 1. The Kier molecular flexibility index (Phi) is 4.65. The minimum absolute atomic E-state index is 0.0872. The van der Waals surface area contributed by atoms with Gasteiger partial charge in [-0.3, -0.25) is 10.1 Å². The van der Waals surface area contributed by atoms with E-state index in [0.29, 0.717) is 18.0 Å². The SMILES string of the molecule is CCC1NC(C2CCCC2)N(CC2CCCCC2)C1=O. The highest BCUT2D eigenvalue weighted by atomic mass is 16.2. The van der Waals surface area contributed by atoms with E-state index in [1.807, 2.05) is 0 Å². The van der Waals surface area contributed by atoms with E-state index in [0.717, 1.165) is 18.9 Å². The number of nitrogens with one attached hydrogen (secondary N) is 1. The summed E-state index contributed by atoms with van der Waals surface area (Å²) in [6.45, 7) is 3.15. The van der Waals surface area contributed by atoms with Crippen molar-refractivity contribution in [2.24, 2.45) is 11.8 Å². The Hall–Kier alpha value is -0.570. The van der Waals surface area contributed by atoms with Crippen LogP contribution >= 0.6 is 0 Å². The van der Waals surface area contributed by atoms with Gasteiger partial charge in [0.1, 0.15) is 0 Å². The standard InChI is InChI=1S/C17H30N2O/c1-2-15-17(20)19(12-13-8-4-3-5-9-13)16(18-15)14-10-6-7-11-14/h13-16,18H,2-12H2,1H3. The van der Waals surface area contributed by atoms with E-state index in [1.54, 1.807) is 0 Å². The number of amides is 1. The predicted octanol–water partition coefficient (Wildman–Crippen LogP) is 3.29. The average Bonchev–Trinajstić information content (AvgIpc) is 3.10. The van der Waals surface area contributed by atoms with Crippen molar-refractivity contribution in [2.45, 2.75) is 83.3 Å². The third-order valence-corrected chi connectivity index (χ3v) is 5.72. The second-order valence-corrected chi connectivity index (χ2v) is 7.11. The molecule has 1 saturated heterocycles. The molecule has 2 unspecified atom stereocenters. The third kappa shape index (κ3) is 2.88. The molecule has 2 saturated carbocycles. The van der Waals surface area contributed by atoms with Crippen LogP contribution in [0.5, 0.6) is 0 Å². The van der Waals surface area contributed by atoms with Crippen LogP contribution in [0.3, 0.4) is 0 Å². The Morgan fingerprint density at radius 3 is 2.35 bits per heavy atom. The summed E-state index contributed by atoms with van der Waals surface area (Å²) in [6.07, 6.45) is 13.4. The predicted molar refractivity (Wildman–Crippen MR) is 81.2 cm³/mol. The molecule has 0 aromatic carbocycles. The second kappa shape index (κ2) is 6.46. The van der Waals surface area contributed by atoms with Crippen LogP contribution < -0.4 is 5.32 Å². The van der Waals surface area contributed by atoms with Crippen LogP contribution in [0.1, 0.15) is 71.1 Å². The van der Waals surface area contributed by atoms with E-state index in [1.165, 1.54) is 57.8 Å². The molecule has 1 heterocycles. The molecule has 2 aliphatic carbocycles. The molecule has 3 fully saturated rings. The molecular formula is C17H30N2O. The highest BCUT2D eigenvalue weighted by Gasteiger charge is 2.42. The number of hydrogen-bond acceptors (Lipinski definition) is 2. The van der Waals surface area contributed by atoms with Gasteiger partial charge < -0.3 is 4.90 Å². The molecule has 3 nitrogen and oxygen atoms in total. The van der Waals surface area contributed by atoms with Gasteiger partial charge in [0.25, 0.3) is 0 Å². The Bertz CT molecular complexity index is 332. The fraction of sp³-hybridized carbons (Fsp3) is 0.941. The van der Waals surface area contributed by atoms with E-state index >= 15 is 0 Å². The monoisotopic (exact) mass is 278 g/mol. The highest BCUT2D eigenvalue weighted by Crippen LogP contribution is 2.34. The summed E-state index contributed by atoms with van der Waals surface area (Å²) in [5.41, 5.74) is 0.